The second-order valence-corrected chi connectivity index (χ2v) is 20.4. The molecule has 4 saturated carbocycles. The van der Waals surface area contributed by atoms with Crippen molar-refractivity contribution in [3.8, 4) is 0 Å². The third kappa shape index (κ3) is 17.0. The van der Waals surface area contributed by atoms with Crippen LogP contribution >= 0.6 is 0 Å². The van der Waals surface area contributed by atoms with Crippen LogP contribution in [0.4, 0.5) is 4.79 Å². The number of carbonyl (C=O) groups is 1. The molecule has 4 rings (SSSR count). The van der Waals surface area contributed by atoms with Gasteiger partial charge in [-0.2, -0.15) is 0 Å². The van der Waals surface area contributed by atoms with Crippen molar-refractivity contribution in [2.45, 2.75) is 162 Å². The van der Waals surface area contributed by atoms with Crippen LogP contribution < -0.4 is 22.5 Å². The van der Waals surface area contributed by atoms with Crippen LogP contribution in [0.15, 0.2) is 5.11 Å². The Hall–Kier alpha value is -1.78. The molecule has 378 valence electrons. The maximum atomic E-state index is 13.7. The van der Waals surface area contributed by atoms with Gasteiger partial charge in [-0.3, -0.25) is 0 Å². The molecule has 0 aromatic carbocycles. The van der Waals surface area contributed by atoms with Crippen LogP contribution in [0.2, 0.25) is 0 Å². The molecule has 0 aromatic heterocycles. The van der Waals surface area contributed by atoms with E-state index in [-0.39, 0.29) is 29.1 Å². The van der Waals surface area contributed by atoms with Gasteiger partial charge in [0.1, 0.15) is 0 Å². The molecule has 0 aromatic rings. The lowest BCUT2D eigenvalue weighted by Crippen LogP contribution is -2.63. The van der Waals surface area contributed by atoms with Crippen molar-refractivity contribution in [3.05, 3.63) is 10.4 Å². The summed E-state index contributed by atoms with van der Waals surface area (Å²) in [6, 6.07) is 0.00413. The molecule has 2 amide bonds. The molecule has 65 heavy (non-hydrogen) atoms. The third-order valence-electron chi connectivity index (χ3n) is 16.3. The van der Waals surface area contributed by atoms with E-state index in [0.29, 0.717) is 121 Å². The summed E-state index contributed by atoms with van der Waals surface area (Å²) in [5.74, 6) is 3.20. The molecule has 15 heteroatoms. The Balaban J connectivity index is 1.38. The molecule has 0 bridgehead atoms. The molecule has 11 atom stereocenters. The van der Waals surface area contributed by atoms with E-state index in [2.05, 4.69) is 47.9 Å². The number of hydrogen-bond acceptors (Lipinski definition) is 11. The minimum absolute atomic E-state index is 0.00413. The van der Waals surface area contributed by atoms with Crippen LogP contribution in [-0.4, -0.2) is 135 Å². The van der Waals surface area contributed by atoms with Gasteiger partial charge in [-0.15, -0.1) is 0 Å². The normalized spacial score (nSPS) is 30.0. The highest BCUT2D eigenvalue weighted by Crippen LogP contribution is 2.69. The van der Waals surface area contributed by atoms with Gasteiger partial charge in [-0.25, -0.2) is 4.79 Å². The number of unbranched alkanes of at least 4 members (excludes halogenated alkanes) is 5. The molecule has 4 aliphatic rings. The molecule has 0 saturated heterocycles. The second kappa shape index (κ2) is 31.4. The average molecular weight is 921 g/mol. The van der Waals surface area contributed by atoms with E-state index in [4.69, 9.17) is 51.2 Å². The summed E-state index contributed by atoms with van der Waals surface area (Å²) in [4.78, 5) is 18.4. The molecule has 4 aliphatic carbocycles. The highest BCUT2D eigenvalue weighted by Gasteiger charge is 2.66. The fraction of sp³-hybridized carbons (Fsp3) is 0.980. The largest absolute Gasteiger partial charge is 0.379 e. The predicted octanol–water partition coefficient (Wildman–Crippen LogP) is 8.22. The summed E-state index contributed by atoms with van der Waals surface area (Å²) in [5, 5.41) is 6.59. The Kier molecular flexibility index (Phi) is 26.9. The number of ether oxygens (including phenoxy) is 6. The quantitative estimate of drug-likeness (QED) is 0.0205. The predicted molar refractivity (Wildman–Crippen MR) is 259 cm³/mol. The smallest absolute Gasteiger partial charge is 0.317 e. The standard InChI is InChI=1S/C50H96N8O7/c1-5-6-7-8-9-10-25-58(48(59)55-23-30-60-32-34-62-35-33-61-31-24-56-57-54)26-11-15-39(2)42-16-17-43-47-44(38-46(50(42,43)4)65-29-14-22-53)49(3)19-18-41(63-27-12-20-51)36-40(49)37-45(47)64-28-13-21-52/h39-47H,5-38,51-53H2,1-4H3,(H,55,59)/t39-,40?,41-,42-,43+,44+,45-,46+,47?,49+,50-/m1/s1. The summed E-state index contributed by atoms with van der Waals surface area (Å²) >= 11 is 0. The number of azide groups is 1. The van der Waals surface area contributed by atoms with Gasteiger partial charge in [0.25, 0.3) is 0 Å². The van der Waals surface area contributed by atoms with Crippen molar-refractivity contribution >= 4 is 6.03 Å². The highest BCUT2D eigenvalue weighted by atomic mass is 16.5. The van der Waals surface area contributed by atoms with Crippen molar-refractivity contribution in [3.63, 3.8) is 0 Å². The first-order chi connectivity index (χ1) is 31.7. The number of carbonyl (C=O) groups excluding carboxylic acids is 1. The minimum Gasteiger partial charge on any atom is -0.379 e. The fourth-order valence-corrected chi connectivity index (χ4v) is 12.8. The second-order valence-electron chi connectivity index (χ2n) is 20.4. The van der Waals surface area contributed by atoms with Gasteiger partial charge in [0.2, 0.25) is 0 Å². The van der Waals surface area contributed by atoms with Crippen LogP contribution in [0.25, 0.3) is 10.4 Å². The van der Waals surface area contributed by atoms with Gasteiger partial charge >= 0.3 is 6.03 Å². The van der Waals surface area contributed by atoms with Crippen LogP contribution in [0, 0.1) is 46.3 Å². The number of nitrogens with two attached hydrogens (primary N) is 3. The van der Waals surface area contributed by atoms with Crippen molar-refractivity contribution in [2.24, 2.45) is 68.7 Å². The van der Waals surface area contributed by atoms with Gasteiger partial charge in [0, 0.05) is 56.3 Å². The van der Waals surface area contributed by atoms with Crippen LogP contribution in [0.5, 0.6) is 0 Å². The van der Waals surface area contributed by atoms with Crippen molar-refractivity contribution in [2.75, 3.05) is 105 Å². The zero-order valence-corrected chi connectivity index (χ0v) is 41.6. The molecule has 2 unspecified atom stereocenters. The van der Waals surface area contributed by atoms with E-state index in [1.165, 1.54) is 44.9 Å². The topological polar surface area (TPSA) is 215 Å². The molecule has 0 aliphatic heterocycles. The number of nitrogens with one attached hydrogen (secondary N) is 1. The molecular formula is C50H96N8O7. The van der Waals surface area contributed by atoms with E-state index < -0.39 is 0 Å². The number of urea groups is 1. The first kappa shape index (κ1) is 55.8. The molecule has 4 fully saturated rings. The van der Waals surface area contributed by atoms with Crippen LogP contribution in [0.3, 0.4) is 0 Å². The first-order valence-electron chi connectivity index (χ1n) is 26.4. The average Bonchev–Trinajstić information content (AvgIpc) is 3.66. The van der Waals surface area contributed by atoms with Gasteiger partial charge in [0.15, 0.2) is 0 Å². The van der Waals surface area contributed by atoms with E-state index >= 15 is 0 Å². The van der Waals surface area contributed by atoms with Gasteiger partial charge in [-0.1, -0.05) is 64.9 Å². The van der Waals surface area contributed by atoms with Crippen LogP contribution in [-0.2, 0) is 28.4 Å². The molecule has 15 nitrogen and oxygen atoms in total. The zero-order chi connectivity index (χ0) is 46.8. The van der Waals surface area contributed by atoms with Crippen molar-refractivity contribution < 1.29 is 33.2 Å². The monoisotopic (exact) mass is 921 g/mol. The Morgan fingerprint density at radius 2 is 1.40 bits per heavy atom. The van der Waals surface area contributed by atoms with E-state index in [1.54, 1.807) is 0 Å². The number of amides is 2. The molecule has 0 heterocycles. The number of rotatable bonds is 36. The molecule has 0 spiro atoms. The molecule has 0 radical (unpaired) electrons. The van der Waals surface area contributed by atoms with Crippen molar-refractivity contribution in [1.29, 1.82) is 0 Å². The molecular weight excluding hydrogens is 825 g/mol. The lowest BCUT2D eigenvalue weighted by molar-refractivity contribution is -0.227. The SMILES string of the molecule is CCCCCCCCN(CCC[C@@H](C)[C@H]1CC[C@H]2C3[C@H](OCCCN)CC4C[C@H](OCCCN)CC[C@]4(C)[C@H]3C[C@H](OCCCN)[C@]12C)C(=O)NCCOCCOCCOCCN=[N+]=[N-]. The van der Waals surface area contributed by atoms with Gasteiger partial charge in [0.05, 0.1) is 58.0 Å². The van der Waals surface area contributed by atoms with Gasteiger partial charge in [-0.05, 0) is 150 Å². The lowest BCUT2D eigenvalue weighted by Gasteiger charge is -2.65. The maximum absolute atomic E-state index is 13.7. The Labute approximate surface area is 394 Å². The van der Waals surface area contributed by atoms with E-state index in [1.807, 2.05) is 0 Å². The van der Waals surface area contributed by atoms with E-state index in [9.17, 15) is 4.79 Å². The maximum Gasteiger partial charge on any atom is 0.317 e. The number of nitrogens with zero attached hydrogens (tertiary/aromatic N) is 4. The van der Waals surface area contributed by atoms with Crippen LogP contribution in [0.1, 0.15) is 143 Å². The minimum atomic E-state index is 0.00413. The Morgan fingerprint density at radius 1 is 0.754 bits per heavy atom. The van der Waals surface area contributed by atoms with E-state index in [0.717, 1.165) is 96.9 Å². The number of hydrogen-bond donors (Lipinski definition) is 4. The Morgan fingerprint density at radius 3 is 2.11 bits per heavy atom. The van der Waals surface area contributed by atoms with Gasteiger partial charge < -0.3 is 55.8 Å². The highest BCUT2D eigenvalue weighted by molar-refractivity contribution is 5.74. The summed E-state index contributed by atoms with van der Waals surface area (Å²) in [7, 11) is 0. The zero-order valence-electron chi connectivity index (χ0n) is 41.6. The molecule has 7 N–H and O–H groups in total. The summed E-state index contributed by atoms with van der Waals surface area (Å²) in [6.07, 6.45) is 20.7. The lowest BCUT2D eigenvalue weighted by atomic mass is 9.43. The summed E-state index contributed by atoms with van der Waals surface area (Å²) < 4.78 is 37.2. The third-order valence-corrected chi connectivity index (χ3v) is 16.3. The Bertz CT molecular complexity index is 1330. The summed E-state index contributed by atoms with van der Waals surface area (Å²) in [6.45, 7) is 19.0. The number of fused-ring (bicyclic) bond motifs is 5. The summed E-state index contributed by atoms with van der Waals surface area (Å²) in [5.41, 5.74) is 26.5. The van der Waals surface area contributed by atoms with Crippen molar-refractivity contribution in [1.82, 2.24) is 10.2 Å². The fourth-order valence-electron chi connectivity index (χ4n) is 12.8. The first-order valence-corrected chi connectivity index (χ1v) is 26.4.